The largest absolute Gasteiger partial charge is 0.416 e. The molecule has 0 spiro atoms. The first-order valence-electron chi connectivity index (χ1n) is 7.14. The Morgan fingerprint density at radius 3 is 1.88 bits per heavy atom. The molecule has 0 aromatic heterocycles. The predicted molar refractivity (Wildman–Crippen MR) is 78.5 cm³/mol. The summed E-state index contributed by atoms with van der Waals surface area (Å²) in [5.41, 5.74) is -1.81. The first-order chi connectivity index (χ1) is 11.2. The minimum Gasteiger partial charge on any atom is -0.385 e. The minimum absolute atomic E-state index is 0.117. The molecule has 2 rings (SSSR count). The molecule has 0 amide bonds. The van der Waals surface area contributed by atoms with Crippen LogP contribution in [0.3, 0.4) is 0 Å². The van der Waals surface area contributed by atoms with Gasteiger partial charge in [-0.25, -0.2) is 0 Å². The lowest BCUT2D eigenvalue weighted by molar-refractivity contribution is -0.143. The Labute approximate surface area is 135 Å². The van der Waals surface area contributed by atoms with E-state index in [4.69, 9.17) is 0 Å². The maximum absolute atomic E-state index is 12.7. The lowest BCUT2D eigenvalue weighted by Crippen LogP contribution is -2.13. The van der Waals surface area contributed by atoms with E-state index >= 15 is 0 Å². The lowest BCUT2D eigenvalue weighted by Gasteiger charge is -2.15. The van der Waals surface area contributed by atoms with E-state index < -0.39 is 23.5 Å². The number of aryl methyl sites for hydroxylation is 1. The van der Waals surface area contributed by atoms with E-state index in [0.29, 0.717) is 25.0 Å². The van der Waals surface area contributed by atoms with Crippen LogP contribution in [0.25, 0.3) is 0 Å². The Bertz CT molecular complexity index is 629. The minimum atomic E-state index is -4.84. The molecular weight excluding hydrogens is 332 g/mol. The van der Waals surface area contributed by atoms with E-state index in [1.165, 1.54) is 0 Å². The van der Waals surface area contributed by atoms with Crippen LogP contribution in [0.5, 0.6) is 0 Å². The van der Waals surface area contributed by atoms with Crippen LogP contribution < -0.4 is 5.32 Å². The van der Waals surface area contributed by atoms with Gasteiger partial charge in [-0.2, -0.15) is 26.3 Å². The highest BCUT2D eigenvalue weighted by atomic mass is 19.4. The van der Waals surface area contributed by atoms with Gasteiger partial charge in [0.25, 0.3) is 0 Å². The quantitative estimate of drug-likeness (QED) is 0.551. The van der Waals surface area contributed by atoms with Gasteiger partial charge in [0.1, 0.15) is 0 Å². The van der Waals surface area contributed by atoms with Gasteiger partial charge in [0, 0.05) is 12.2 Å². The van der Waals surface area contributed by atoms with E-state index in [1.807, 2.05) is 12.1 Å². The highest BCUT2D eigenvalue weighted by molar-refractivity contribution is 5.50. The van der Waals surface area contributed by atoms with Crippen LogP contribution in [-0.2, 0) is 18.8 Å². The second-order valence-corrected chi connectivity index (χ2v) is 5.23. The van der Waals surface area contributed by atoms with Gasteiger partial charge in [-0.3, -0.25) is 0 Å². The van der Waals surface area contributed by atoms with Crippen LogP contribution in [0.2, 0.25) is 0 Å². The van der Waals surface area contributed by atoms with Crippen LogP contribution in [0.4, 0.5) is 32.0 Å². The molecule has 24 heavy (non-hydrogen) atoms. The standard InChI is InChI=1S/C17H14F6N/c18-16(19,20)13-9-14(17(21,22)23)11-15(10-13)24-8-4-7-12-5-2-1-3-6-12/h2-3,5-6,9-11,24H,4,7-8H2. The molecule has 0 fully saturated rings. The van der Waals surface area contributed by atoms with Gasteiger partial charge in [0.2, 0.25) is 0 Å². The summed E-state index contributed by atoms with van der Waals surface area (Å²) < 4.78 is 76.5. The molecule has 2 aromatic carbocycles. The van der Waals surface area contributed by atoms with Gasteiger partial charge in [0.05, 0.1) is 11.1 Å². The first-order valence-corrected chi connectivity index (χ1v) is 7.14. The van der Waals surface area contributed by atoms with Crippen molar-refractivity contribution in [3.63, 3.8) is 0 Å². The lowest BCUT2D eigenvalue weighted by atomic mass is 10.1. The van der Waals surface area contributed by atoms with E-state index in [9.17, 15) is 26.3 Å². The number of alkyl halides is 6. The van der Waals surface area contributed by atoms with Crippen molar-refractivity contribution in [2.24, 2.45) is 0 Å². The van der Waals surface area contributed by atoms with Crippen LogP contribution in [-0.4, -0.2) is 6.54 Å². The van der Waals surface area contributed by atoms with Crippen molar-refractivity contribution in [1.29, 1.82) is 0 Å². The summed E-state index contributed by atoms with van der Waals surface area (Å²) in [4.78, 5) is 0. The van der Waals surface area contributed by atoms with Crippen molar-refractivity contribution < 1.29 is 26.3 Å². The molecule has 7 heteroatoms. The molecule has 0 bridgehead atoms. The number of hydrogen-bond donors (Lipinski definition) is 1. The third-order valence-electron chi connectivity index (χ3n) is 3.35. The Morgan fingerprint density at radius 1 is 0.833 bits per heavy atom. The molecule has 1 N–H and O–H groups in total. The molecule has 2 aromatic rings. The van der Waals surface area contributed by atoms with Crippen LogP contribution in [0.1, 0.15) is 23.1 Å². The number of anilines is 1. The topological polar surface area (TPSA) is 12.0 Å². The molecule has 0 aliphatic carbocycles. The maximum atomic E-state index is 12.7. The zero-order valence-electron chi connectivity index (χ0n) is 12.4. The molecule has 0 unspecified atom stereocenters. The molecule has 129 valence electrons. The van der Waals surface area contributed by atoms with Gasteiger partial charge in [0.15, 0.2) is 0 Å². The summed E-state index contributed by atoms with van der Waals surface area (Å²) in [5.74, 6) is 0. The summed E-state index contributed by atoms with van der Waals surface area (Å²) in [6.45, 7) is 0.261. The highest BCUT2D eigenvalue weighted by Crippen LogP contribution is 2.37. The Hall–Kier alpha value is -2.18. The number of halogens is 6. The van der Waals surface area contributed by atoms with Gasteiger partial charge in [-0.05, 0) is 42.7 Å². The van der Waals surface area contributed by atoms with Gasteiger partial charge >= 0.3 is 12.4 Å². The van der Waals surface area contributed by atoms with Crippen LogP contribution in [0.15, 0.2) is 42.5 Å². The maximum Gasteiger partial charge on any atom is 0.416 e. The summed E-state index contributed by atoms with van der Waals surface area (Å²) >= 11 is 0. The van der Waals surface area contributed by atoms with E-state index in [1.54, 1.807) is 12.1 Å². The zero-order chi connectivity index (χ0) is 17.8. The van der Waals surface area contributed by atoms with Crippen molar-refractivity contribution in [2.45, 2.75) is 25.2 Å². The SMILES string of the molecule is FC(F)(F)c1cc(NCCCc2cc[c]cc2)cc(C(F)(F)F)c1. The van der Waals surface area contributed by atoms with E-state index in [0.717, 1.165) is 5.56 Å². The molecule has 0 aliphatic rings. The summed E-state index contributed by atoms with van der Waals surface area (Å²) in [6.07, 6.45) is -8.44. The van der Waals surface area contributed by atoms with Gasteiger partial charge in [-0.1, -0.05) is 24.3 Å². The predicted octanol–water partition coefficient (Wildman–Crippen LogP) is 5.57. The Kier molecular flexibility index (Phi) is 5.41. The van der Waals surface area contributed by atoms with E-state index in [-0.39, 0.29) is 18.3 Å². The average Bonchev–Trinajstić information content (AvgIpc) is 2.51. The number of hydrogen-bond acceptors (Lipinski definition) is 1. The highest BCUT2D eigenvalue weighted by Gasteiger charge is 2.36. The zero-order valence-corrected chi connectivity index (χ0v) is 12.4. The van der Waals surface area contributed by atoms with E-state index in [2.05, 4.69) is 11.4 Å². The molecule has 1 radical (unpaired) electrons. The monoisotopic (exact) mass is 346 g/mol. The molecule has 0 saturated heterocycles. The van der Waals surface area contributed by atoms with Crippen molar-refractivity contribution in [3.05, 3.63) is 65.2 Å². The second kappa shape index (κ2) is 7.15. The second-order valence-electron chi connectivity index (χ2n) is 5.23. The Balaban J connectivity index is 2.06. The van der Waals surface area contributed by atoms with Crippen molar-refractivity contribution in [2.75, 3.05) is 11.9 Å². The molecule has 0 atom stereocenters. The van der Waals surface area contributed by atoms with Crippen molar-refractivity contribution in [1.82, 2.24) is 0 Å². The van der Waals surface area contributed by atoms with Crippen LogP contribution >= 0.6 is 0 Å². The molecular formula is C17H14F6N. The fraction of sp³-hybridized carbons (Fsp3) is 0.294. The van der Waals surface area contributed by atoms with Crippen molar-refractivity contribution >= 4 is 5.69 Å². The molecule has 0 saturated carbocycles. The summed E-state index contributed by atoms with van der Waals surface area (Å²) in [6, 6.07) is 11.5. The smallest absolute Gasteiger partial charge is 0.385 e. The van der Waals surface area contributed by atoms with Crippen molar-refractivity contribution in [3.8, 4) is 0 Å². The first kappa shape index (κ1) is 18.2. The third-order valence-corrected chi connectivity index (χ3v) is 3.35. The average molecular weight is 346 g/mol. The van der Waals surface area contributed by atoms with Gasteiger partial charge < -0.3 is 5.32 Å². The number of rotatable bonds is 5. The molecule has 0 aliphatic heterocycles. The summed E-state index contributed by atoms with van der Waals surface area (Å²) in [5, 5.41) is 2.63. The fourth-order valence-corrected chi connectivity index (χ4v) is 2.17. The Morgan fingerprint density at radius 2 is 1.38 bits per heavy atom. The molecule has 0 heterocycles. The van der Waals surface area contributed by atoms with Crippen LogP contribution in [0, 0.1) is 6.07 Å². The van der Waals surface area contributed by atoms with Gasteiger partial charge in [-0.15, -0.1) is 0 Å². The number of nitrogens with one attached hydrogen (secondary N) is 1. The fourth-order valence-electron chi connectivity index (χ4n) is 2.17. The summed E-state index contributed by atoms with van der Waals surface area (Å²) in [7, 11) is 0. The molecule has 1 nitrogen and oxygen atoms in total. The normalized spacial score (nSPS) is 12.2. The third kappa shape index (κ3) is 5.18. The number of benzene rings is 2.